The van der Waals surface area contributed by atoms with Gasteiger partial charge in [-0.2, -0.15) is 0 Å². The molecule has 1 nitrogen and oxygen atoms in total. The summed E-state index contributed by atoms with van der Waals surface area (Å²) < 4.78 is 0. The molecule has 0 aliphatic carbocycles. The zero-order chi connectivity index (χ0) is 13.7. The van der Waals surface area contributed by atoms with Crippen molar-refractivity contribution >= 4 is 5.57 Å². The van der Waals surface area contributed by atoms with E-state index in [1.807, 2.05) is 57.2 Å². The first-order valence-electron chi connectivity index (χ1n) is 5.79. The molecule has 0 aromatic heterocycles. The summed E-state index contributed by atoms with van der Waals surface area (Å²) in [7, 11) is 0. The van der Waals surface area contributed by atoms with Gasteiger partial charge in [-0.25, -0.2) is 0 Å². The summed E-state index contributed by atoms with van der Waals surface area (Å²) in [6, 6.07) is 10.1. The van der Waals surface area contributed by atoms with Gasteiger partial charge in [-0.15, -0.1) is 13.2 Å². The molecule has 0 atom stereocenters. The topological polar surface area (TPSA) is 20.2 Å². The van der Waals surface area contributed by atoms with E-state index in [1.54, 1.807) is 13.0 Å². The van der Waals surface area contributed by atoms with Crippen molar-refractivity contribution in [3.63, 3.8) is 0 Å². The maximum atomic E-state index is 8.96. The van der Waals surface area contributed by atoms with Gasteiger partial charge < -0.3 is 5.11 Å². The van der Waals surface area contributed by atoms with Crippen molar-refractivity contribution in [1.29, 1.82) is 0 Å². The van der Waals surface area contributed by atoms with Crippen LogP contribution in [-0.4, -0.2) is 5.11 Å². The molecule has 1 heteroatoms. The molecule has 0 unspecified atom stereocenters. The first-order valence-corrected chi connectivity index (χ1v) is 5.79. The fourth-order valence-corrected chi connectivity index (χ4v) is 1.04. The molecule has 0 fully saturated rings. The van der Waals surface area contributed by atoms with Gasteiger partial charge in [0.1, 0.15) is 0 Å². The lowest BCUT2D eigenvalue weighted by atomic mass is 10.1. The van der Waals surface area contributed by atoms with Crippen LogP contribution in [0.1, 0.15) is 33.3 Å². The standard InChI is InChI=1S/C12H14O.C2H6.C2H4/c1-10(8-9-11(2)13)12-6-4-3-5-7-12;2*1-2/h3-9,13H,1-2H3;1-2H3;1-2H2/b10-8+,11-9+;;. The van der Waals surface area contributed by atoms with Crippen molar-refractivity contribution in [2.24, 2.45) is 0 Å². The zero-order valence-corrected chi connectivity index (χ0v) is 11.4. The molecule has 0 aliphatic heterocycles. The van der Waals surface area contributed by atoms with Crippen molar-refractivity contribution < 1.29 is 5.11 Å². The highest BCUT2D eigenvalue weighted by molar-refractivity contribution is 5.64. The summed E-state index contributed by atoms with van der Waals surface area (Å²) in [5, 5.41) is 8.96. The summed E-state index contributed by atoms with van der Waals surface area (Å²) in [6.45, 7) is 13.7. The van der Waals surface area contributed by atoms with Crippen molar-refractivity contribution in [2.75, 3.05) is 0 Å². The van der Waals surface area contributed by atoms with E-state index in [0.29, 0.717) is 5.76 Å². The third-order valence-electron chi connectivity index (χ3n) is 1.80. The number of benzene rings is 1. The molecule has 94 valence electrons. The third-order valence-corrected chi connectivity index (χ3v) is 1.80. The molecule has 0 spiro atoms. The van der Waals surface area contributed by atoms with E-state index in [9.17, 15) is 0 Å². The van der Waals surface area contributed by atoms with Crippen LogP contribution in [0.3, 0.4) is 0 Å². The SMILES string of the molecule is C/C(O)=C\C=C(/C)c1ccccc1.C=C.CC. The van der Waals surface area contributed by atoms with Gasteiger partial charge in [-0.05, 0) is 31.1 Å². The second-order valence-electron chi connectivity index (χ2n) is 3.02. The van der Waals surface area contributed by atoms with Gasteiger partial charge in [-0.3, -0.25) is 0 Å². The molecular formula is C16H24O. The normalized spacial score (nSPS) is 10.6. The molecule has 0 heterocycles. The lowest BCUT2D eigenvalue weighted by Gasteiger charge is -1.98. The first-order chi connectivity index (χ1) is 8.20. The molecule has 1 N–H and O–H groups in total. The average Bonchev–Trinajstić information content (AvgIpc) is 2.41. The first kappa shape index (κ1) is 17.6. The van der Waals surface area contributed by atoms with Crippen LogP contribution in [0.5, 0.6) is 0 Å². The van der Waals surface area contributed by atoms with Crippen molar-refractivity contribution in [3.05, 3.63) is 67.0 Å². The average molecular weight is 232 g/mol. The third kappa shape index (κ3) is 9.19. The van der Waals surface area contributed by atoms with Crippen molar-refractivity contribution in [1.82, 2.24) is 0 Å². The molecule has 0 radical (unpaired) electrons. The largest absolute Gasteiger partial charge is 0.513 e. The Morgan fingerprint density at radius 3 is 1.88 bits per heavy atom. The minimum absolute atomic E-state index is 0.329. The summed E-state index contributed by atoms with van der Waals surface area (Å²) in [5.74, 6) is 0.329. The van der Waals surface area contributed by atoms with Gasteiger partial charge >= 0.3 is 0 Å². The fourth-order valence-electron chi connectivity index (χ4n) is 1.04. The Hall–Kier alpha value is -1.76. The van der Waals surface area contributed by atoms with Crippen LogP contribution in [0.2, 0.25) is 0 Å². The number of hydrogen-bond acceptors (Lipinski definition) is 1. The quantitative estimate of drug-likeness (QED) is 0.412. The highest BCUT2D eigenvalue weighted by atomic mass is 16.3. The minimum atomic E-state index is 0.329. The van der Waals surface area contributed by atoms with E-state index in [0.717, 1.165) is 5.57 Å². The zero-order valence-electron chi connectivity index (χ0n) is 11.4. The Kier molecular flexibility index (Phi) is 12.8. The number of aliphatic hydroxyl groups is 1. The van der Waals surface area contributed by atoms with Gasteiger partial charge in [0.05, 0.1) is 5.76 Å². The molecule has 1 aromatic rings. The Labute approximate surface area is 106 Å². The van der Waals surface area contributed by atoms with Crippen LogP contribution in [0, 0.1) is 0 Å². The summed E-state index contributed by atoms with van der Waals surface area (Å²) >= 11 is 0. The lowest BCUT2D eigenvalue weighted by Crippen LogP contribution is -1.77. The second kappa shape index (κ2) is 12.3. The number of rotatable bonds is 2. The van der Waals surface area contributed by atoms with Gasteiger partial charge in [0.25, 0.3) is 0 Å². The molecule has 0 bridgehead atoms. The summed E-state index contributed by atoms with van der Waals surface area (Å²) in [4.78, 5) is 0. The van der Waals surface area contributed by atoms with E-state index >= 15 is 0 Å². The molecule has 1 aromatic carbocycles. The Morgan fingerprint density at radius 1 is 1.00 bits per heavy atom. The van der Waals surface area contributed by atoms with Crippen LogP contribution in [0.4, 0.5) is 0 Å². The Morgan fingerprint density at radius 2 is 1.47 bits per heavy atom. The number of hydrogen-bond donors (Lipinski definition) is 1. The van der Waals surface area contributed by atoms with Gasteiger partial charge in [-0.1, -0.05) is 50.3 Å². The molecule has 0 saturated heterocycles. The van der Waals surface area contributed by atoms with E-state index in [4.69, 9.17) is 5.11 Å². The van der Waals surface area contributed by atoms with Crippen LogP contribution in [0.15, 0.2) is 61.4 Å². The molecule has 1 rings (SSSR count). The van der Waals surface area contributed by atoms with Gasteiger partial charge in [0, 0.05) is 0 Å². The van der Waals surface area contributed by atoms with Crippen molar-refractivity contribution in [2.45, 2.75) is 27.7 Å². The van der Waals surface area contributed by atoms with Crippen molar-refractivity contribution in [3.8, 4) is 0 Å². The number of aliphatic hydroxyl groups excluding tert-OH is 1. The minimum Gasteiger partial charge on any atom is -0.513 e. The number of allylic oxidation sites excluding steroid dienone is 4. The van der Waals surface area contributed by atoms with Crippen LogP contribution >= 0.6 is 0 Å². The highest BCUT2D eigenvalue weighted by Gasteiger charge is 1.90. The van der Waals surface area contributed by atoms with Crippen LogP contribution in [-0.2, 0) is 0 Å². The van der Waals surface area contributed by atoms with Gasteiger partial charge in [0.15, 0.2) is 0 Å². The van der Waals surface area contributed by atoms with E-state index in [-0.39, 0.29) is 0 Å². The molecule has 0 aliphatic rings. The van der Waals surface area contributed by atoms with E-state index in [1.165, 1.54) is 5.56 Å². The highest BCUT2D eigenvalue weighted by Crippen LogP contribution is 2.12. The maximum absolute atomic E-state index is 8.96. The van der Waals surface area contributed by atoms with Crippen LogP contribution < -0.4 is 0 Å². The van der Waals surface area contributed by atoms with E-state index < -0.39 is 0 Å². The molecule has 0 saturated carbocycles. The predicted octanol–water partition coefficient (Wildman–Crippen LogP) is 5.38. The lowest BCUT2D eigenvalue weighted by molar-refractivity contribution is 0.414. The summed E-state index contributed by atoms with van der Waals surface area (Å²) in [5.41, 5.74) is 2.33. The summed E-state index contributed by atoms with van der Waals surface area (Å²) in [6.07, 6.45) is 3.60. The molecule has 0 amide bonds. The Balaban J connectivity index is 0. The monoisotopic (exact) mass is 232 g/mol. The van der Waals surface area contributed by atoms with Crippen LogP contribution in [0.25, 0.3) is 5.57 Å². The smallest absolute Gasteiger partial charge is 0.0891 e. The molecule has 17 heavy (non-hydrogen) atoms. The second-order valence-corrected chi connectivity index (χ2v) is 3.02. The predicted molar refractivity (Wildman–Crippen MR) is 79.1 cm³/mol. The maximum Gasteiger partial charge on any atom is 0.0891 e. The van der Waals surface area contributed by atoms with Gasteiger partial charge in [0.2, 0.25) is 0 Å². The fraction of sp³-hybridized carbons (Fsp3) is 0.250. The Bertz CT molecular complexity index is 330. The molecular weight excluding hydrogens is 208 g/mol. The van der Waals surface area contributed by atoms with E-state index in [2.05, 4.69) is 13.2 Å².